The van der Waals surface area contributed by atoms with E-state index in [9.17, 15) is 18.0 Å². The van der Waals surface area contributed by atoms with Crippen LogP contribution in [-0.4, -0.2) is 48.5 Å². The summed E-state index contributed by atoms with van der Waals surface area (Å²) in [6.45, 7) is 7.26. The molecule has 0 spiro atoms. The number of nitrogens with one attached hydrogen (secondary N) is 2. The van der Waals surface area contributed by atoms with Crippen molar-refractivity contribution in [1.29, 1.82) is 0 Å². The van der Waals surface area contributed by atoms with Gasteiger partial charge in [-0.2, -0.15) is 0 Å². The van der Waals surface area contributed by atoms with E-state index < -0.39 is 22.0 Å². The minimum absolute atomic E-state index is 0.00870. The molecular formula is C27H27N5O6S. The monoisotopic (exact) mass is 549 g/mol. The third kappa shape index (κ3) is 6.29. The highest BCUT2D eigenvalue weighted by molar-refractivity contribution is 7.92. The molecule has 2 N–H and O–H groups in total. The summed E-state index contributed by atoms with van der Waals surface area (Å²) in [6.07, 6.45) is 1.39. The maximum Gasteiger partial charge on any atom is 0.341 e. The standard InChI is InChI=1S/C27H27N5O6S/c1-5-37-25(33)18-7-12-23-21(14-18)24(22(15-28-23)26(34)38-6-2)31-19-8-10-20(11-9-19)39(35,36)32-27-29-16(3)13-17(4)30-27/h7-15H,5-6H2,1-4H3,(H,28,31)(H,29,30,32). The molecule has 0 saturated heterocycles. The molecule has 2 aromatic carbocycles. The lowest BCUT2D eigenvalue weighted by Gasteiger charge is -2.15. The van der Waals surface area contributed by atoms with Gasteiger partial charge in [0.05, 0.1) is 34.9 Å². The fourth-order valence-corrected chi connectivity index (χ4v) is 4.79. The Bertz CT molecular complexity index is 1630. The van der Waals surface area contributed by atoms with E-state index >= 15 is 0 Å². The average Bonchev–Trinajstić information content (AvgIpc) is 2.88. The summed E-state index contributed by atoms with van der Waals surface area (Å²) < 4.78 is 38.5. The van der Waals surface area contributed by atoms with Crippen molar-refractivity contribution in [3.05, 3.63) is 77.2 Å². The molecule has 12 heteroatoms. The van der Waals surface area contributed by atoms with Crippen molar-refractivity contribution in [2.24, 2.45) is 0 Å². The third-order valence-corrected chi connectivity index (χ3v) is 6.86. The van der Waals surface area contributed by atoms with Crippen LogP contribution in [0.25, 0.3) is 10.9 Å². The molecule has 11 nitrogen and oxygen atoms in total. The maximum absolute atomic E-state index is 12.9. The minimum Gasteiger partial charge on any atom is -0.462 e. The van der Waals surface area contributed by atoms with E-state index in [2.05, 4.69) is 25.0 Å². The number of carbonyl (C=O) groups excluding carboxylic acids is 2. The highest BCUT2D eigenvalue weighted by atomic mass is 32.2. The summed E-state index contributed by atoms with van der Waals surface area (Å²) in [5.41, 5.74) is 3.06. The Labute approximate surface area is 225 Å². The summed E-state index contributed by atoms with van der Waals surface area (Å²) in [7, 11) is -3.96. The zero-order valence-electron chi connectivity index (χ0n) is 21.8. The lowest BCUT2D eigenvalue weighted by molar-refractivity contribution is 0.0518. The number of pyridine rings is 1. The van der Waals surface area contributed by atoms with E-state index in [4.69, 9.17) is 9.47 Å². The lowest BCUT2D eigenvalue weighted by atomic mass is 10.1. The molecule has 0 unspecified atom stereocenters. The summed E-state index contributed by atoms with van der Waals surface area (Å²) in [4.78, 5) is 37.7. The zero-order chi connectivity index (χ0) is 28.2. The van der Waals surface area contributed by atoms with Crippen molar-refractivity contribution in [3.63, 3.8) is 0 Å². The van der Waals surface area contributed by atoms with Gasteiger partial charge in [0.2, 0.25) is 5.95 Å². The number of hydrogen-bond acceptors (Lipinski definition) is 10. The van der Waals surface area contributed by atoms with Crippen LogP contribution >= 0.6 is 0 Å². The van der Waals surface area contributed by atoms with Gasteiger partial charge in [-0.15, -0.1) is 0 Å². The van der Waals surface area contributed by atoms with E-state index in [1.807, 2.05) is 0 Å². The van der Waals surface area contributed by atoms with Crippen molar-refractivity contribution in [2.75, 3.05) is 23.3 Å². The summed E-state index contributed by atoms with van der Waals surface area (Å²) in [5, 5.41) is 3.65. The van der Waals surface area contributed by atoms with Crippen LogP contribution in [0.2, 0.25) is 0 Å². The number of rotatable bonds is 9. The fourth-order valence-electron chi connectivity index (χ4n) is 3.84. The van der Waals surface area contributed by atoms with Crippen LogP contribution in [0.4, 0.5) is 17.3 Å². The van der Waals surface area contributed by atoms with Gasteiger partial charge in [-0.3, -0.25) is 4.98 Å². The maximum atomic E-state index is 12.9. The van der Waals surface area contributed by atoms with Crippen molar-refractivity contribution in [2.45, 2.75) is 32.6 Å². The number of anilines is 3. The van der Waals surface area contributed by atoms with Crippen LogP contribution in [0.3, 0.4) is 0 Å². The van der Waals surface area contributed by atoms with Crippen LogP contribution < -0.4 is 10.0 Å². The van der Waals surface area contributed by atoms with Gasteiger partial charge in [-0.05, 0) is 76.2 Å². The van der Waals surface area contributed by atoms with Crippen LogP contribution in [0.15, 0.2) is 59.6 Å². The molecular weight excluding hydrogens is 522 g/mol. The quantitative estimate of drug-likeness (QED) is 0.285. The molecule has 0 aliphatic rings. The number of carbonyl (C=O) groups is 2. The first-order chi connectivity index (χ1) is 18.6. The van der Waals surface area contributed by atoms with E-state index in [-0.39, 0.29) is 35.2 Å². The topological polar surface area (TPSA) is 149 Å². The highest BCUT2D eigenvalue weighted by Gasteiger charge is 2.20. The van der Waals surface area contributed by atoms with Gasteiger partial charge in [0.1, 0.15) is 5.56 Å². The number of aromatic nitrogens is 3. The first kappa shape index (κ1) is 27.5. The van der Waals surface area contributed by atoms with Crippen LogP contribution in [-0.2, 0) is 19.5 Å². The van der Waals surface area contributed by atoms with Crippen LogP contribution in [0.5, 0.6) is 0 Å². The normalized spacial score (nSPS) is 11.2. The smallest absolute Gasteiger partial charge is 0.341 e. The van der Waals surface area contributed by atoms with Crippen LogP contribution in [0, 0.1) is 13.8 Å². The molecule has 0 aliphatic heterocycles. The summed E-state index contributed by atoms with van der Waals surface area (Å²) in [5.74, 6) is -1.14. The Morgan fingerprint density at radius 1 is 0.872 bits per heavy atom. The number of hydrogen-bond donors (Lipinski definition) is 2. The molecule has 4 rings (SSSR count). The second kappa shape index (κ2) is 11.4. The fraction of sp³-hybridized carbons (Fsp3) is 0.222. The molecule has 0 fully saturated rings. The first-order valence-corrected chi connectivity index (χ1v) is 13.6. The van der Waals surface area contributed by atoms with Gasteiger partial charge in [-0.1, -0.05) is 0 Å². The second-order valence-corrected chi connectivity index (χ2v) is 10.1. The molecule has 0 amide bonds. The Balaban J connectivity index is 1.70. The Kier molecular flexibility index (Phi) is 8.05. The third-order valence-electron chi connectivity index (χ3n) is 5.52. The number of ether oxygens (including phenoxy) is 2. The summed E-state index contributed by atoms with van der Waals surface area (Å²) >= 11 is 0. The van der Waals surface area contributed by atoms with E-state index in [1.54, 1.807) is 64.1 Å². The Morgan fingerprint density at radius 3 is 2.15 bits per heavy atom. The van der Waals surface area contributed by atoms with E-state index in [0.29, 0.717) is 33.7 Å². The highest BCUT2D eigenvalue weighted by Crippen LogP contribution is 2.31. The number of benzene rings is 2. The largest absolute Gasteiger partial charge is 0.462 e. The first-order valence-electron chi connectivity index (χ1n) is 12.1. The number of sulfonamides is 1. The van der Waals surface area contributed by atoms with Crippen molar-refractivity contribution in [1.82, 2.24) is 15.0 Å². The molecule has 0 saturated carbocycles. The SMILES string of the molecule is CCOC(=O)c1ccc2ncc(C(=O)OCC)c(Nc3ccc(S(=O)(=O)Nc4nc(C)cc(C)n4)cc3)c2c1. The molecule has 39 heavy (non-hydrogen) atoms. The van der Waals surface area contributed by atoms with Crippen molar-refractivity contribution in [3.8, 4) is 0 Å². The number of fused-ring (bicyclic) bond motifs is 1. The predicted molar refractivity (Wildman–Crippen MR) is 146 cm³/mol. The Hall–Kier alpha value is -4.58. The van der Waals surface area contributed by atoms with Gasteiger partial charge in [0.25, 0.3) is 10.0 Å². The van der Waals surface area contributed by atoms with Gasteiger partial charge < -0.3 is 14.8 Å². The molecule has 0 atom stereocenters. The number of nitrogens with zero attached hydrogens (tertiary/aromatic N) is 3. The molecule has 4 aromatic rings. The van der Waals surface area contributed by atoms with Gasteiger partial charge in [0.15, 0.2) is 0 Å². The molecule has 0 aliphatic carbocycles. The van der Waals surface area contributed by atoms with E-state index in [0.717, 1.165) is 0 Å². The van der Waals surface area contributed by atoms with Crippen molar-refractivity contribution >= 4 is 50.2 Å². The van der Waals surface area contributed by atoms with Crippen LogP contribution in [0.1, 0.15) is 46.0 Å². The molecule has 0 radical (unpaired) electrons. The second-order valence-electron chi connectivity index (χ2n) is 8.45. The van der Waals surface area contributed by atoms with E-state index in [1.165, 1.54) is 18.3 Å². The number of aryl methyl sites for hydroxylation is 2. The van der Waals surface area contributed by atoms with Gasteiger partial charge in [0, 0.05) is 28.7 Å². The minimum atomic E-state index is -3.96. The molecule has 2 heterocycles. The number of esters is 2. The van der Waals surface area contributed by atoms with Crippen molar-refractivity contribution < 1.29 is 27.5 Å². The average molecular weight is 550 g/mol. The van der Waals surface area contributed by atoms with Gasteiger partial charge in [-0.25, -0.2) is 32.7 Å². The molecule has 0 bridgehead atoms. The Morgan fingerprint density at radius 2 is 1.51 bits per heavy atom. The lowest BCUT2D eigenvalue weighted by Crippen LogP contribution is -2.15. The summed E-state index contributed by atoms with van der Waals surface area (Å²) in [6, 6.07) is 12.5. The molecule has 2 aromatic heterocycles. The zero-order valence-corrected chi connectivity index (χ0v) is 22.6. The molecule has 202 valence electrons. The van der Waals surface area contributed by atoms with Gasteiger partial charge >= 0.3 is 11.9 Å². The predicted octanol–water partition coefficient (Wildman–Crippen LogP) is 4.54.